The first kappa shape index (κ1) is 9.85. The molecule has 1 rings (SSSR count). The van der Waals surface area contributed by atoms with Gasteiger partial charge < -0.3 is 15.9 Å². The number of hydrogen-bond acceptors (Lipinski definition) is 4. The molecule has 5 N–H and O–H groups in total. The number of aromatic hydroxyl groups is 2. The minimum absolute atomic E-state index is 0.256. The van der Waals surface area contributed by atoms with Gasteiger partial charge in [-0.3, -0.25) is 0 Å². The molecule has 1 aromatic carbocycles. The van der Waals surface area contributed by atoms with Crippen molar-refractivity contribution in [2.24, 2.45) is 10.8 Å². The predicted octanol–water partition coefficient (Wildman–Crippen LogP) is 0.1000. The first-order chi connectivity index (χ1) is 6.61. The first-order valence-corrected chi connectivity index (χ1v) is 3.70. The van der Waals surface area contributed by atoms with Gasteiger partial charge in [-0.25, -0.2) is 10.2 Å². The number of rotatable bonds is 2. The fraction of sp³-hybridized carbons (Fsp3) is 0. The fourth-order valence-electron chi connectivity index (χ4n) is 0.818. The molecule has 74 valence electrons. The van der Waals surface area contributed by atoms with E-state index in [-0.39, 0.29) is 17.1 Å². The second kappa shape index (κ2) is 4.13. The zero-order valence-electron chi connectivity index (χ0n) is 7.14. The molecule has 0 aliphatic carbocycles. The number of hydrazone groups is 1. The van der Waals surface area contributed by atoms with Crippen molar-refractivity contribution in [2.75, 3.05) is 0 Å². The number of para-hydroxylation sites is 1. The molecule has 0 aliphatic heterocycles. The Morgan fingerprint density at radius 2 is 2.21 bits per heavy atom. The maximum Gasteiger partial charge on any atom is 0.332 e. The molecule has 0 aromatic heterocycles. The molecule has 0 radical (unpaired) electrons. The van der Waals surface area contributed by atoms with E-state index in [4.69, 9.17) is 10.8 Å². The van der Waals surface area contributed by atoms with Crippen LogP contribution in [0.1, 0.15) is 5.56 Å². The summed E-state index contributed by atoms with van der Waals surface area (Å²) in [6.07, 6.45) is 1.17. The van der Waals surface area contributed by atoms with Crippen LogP contribution >= 0.6 is 0 Å². The number of phenolic OH excluding ortho intramolecular Hbond substituents is 2. The van der Waals surface area contributed by atoms with Gasteiger partial charge in [0.05, 0.1) is 6.21 Å². The van der Waals surface area contributed by atoms with Crippen LogP contribution in [0.2, 0.25) is 0 Å². The Labute approximate surface area is 79.7 Å². The topological polar surface area (TPSA) is 108 Å². The summed E-state index contributed by atoms with van der Waals surface area (Å²) in [5.41, 5.74) is 6.98. The third-order valence-electron chi connectivity index (χ3n) is 1.42. The van der Waals surface area contributed by atoms with Gasteiger partial charge in [-0.05, 0) is 12.1 Å². The summed E-state index contributed by atoms with van der Waals surface area (Å²) in [6.45, 7) is 0. The lowest BCUT2D eigenvalue weighted by atomic mass is 10.2. The van der Waals surface area contributed by atoms with Crippen LogP contribution < -0.4 is 11.2 Å². The highest BCUT2D eigenvalue weighted by Gasteiger charge is 2.02. The van der Waals surface area contributed by atoms with Gasteiger partial charge in [0, 0.05) is 5.56 Å². The van der Waals surface area contributed by atoms with Gasteiger partial charge in [-0.2, -0.15) is 5.10 Å². The largest absolute Gasteiger partial charge is 0.504 e. The van der Waals surface area contributed by atoms with E-state index in [0.29, 0.717) is 0 Å². The van der Waals surface area contributed by atoms with Gasteiger partial charge in [0.2, 0.25) is 0 Å². The third-order valence-corrected chi connectivity index (χ3v) is 1.42. The molecule has 2 amide bonds. The Hall–Kier alpha value is -2.24. The molecular formula is C8H9N3O3. The Bertz CT molecular complexity index is 376. The maximum atomic E-state index is 10.2. The van der Waals surface area contributed by atoms with Crippen LogP contribution in [0.3, 0.4) is 0 Å². The second-order valence-electron chi connectivity index (χ2n) is 2.45. The summed E-state index contributed by atoms with van der Waals surface area (Å²) in [5, 5.41) is 21.8. The first-order valence-electron chi connectivity index (χ1n) is 3.70. The van der Waals surface area contributed by atoms with Crippen LogP contribution in [0.25, 0.3) is 0 Å². The van der Waals surface area contributed by atoms with E-state index in [9.17, 15) is 9.90 Å². The summed E-state index contributed by atoms with van der Waals surface area (Å²) < 4.78 is 0. The number of nitrogens with two attached hydrogens (primary N) is 1. The molecule has 0 fully saturated rings. The molecule has 0 heterocycles. The van der Waals surface area contributed by atoms with Gasteiger partial charge in [0.15, 0.2) is 11.5 Å². The zero-order valence-corrected chi connectivity index (χ0v) is 7.14. The number of carbonyl (C=O) groups is 1. The summed E-state index contributed by atoms with van der Waals surface area (Å²) in [5.74, 6) is -0.560. The Balaban J connectivity index is 2.81. The third kappa shape index (κ3) is 2.37. The van der Waals surface area contributed by atoms with E-state index < -0.39 is 6.03 Å². The molecule has 14 heavy (non-hydrogen) atoms. The monoisotopic (exact) mass is 195 g/mol. The number of urea groups is 1. The minimum Gasteiger partial charge on any atom is -0.504 e. The SMILES string of the molecule is NC(=O)N/N=C\c1cccc(O)c1O. The quantitative estimate of drug-likeness (QED) is 0.305. The number of benzene rings is 1. The molecule has 0 saturated carbocycles. The van der Waals surface area contributed by atoms with E-state index >= 15 is 0 Å². The van der Waals surface area contributed by atoms with Crippen LogP contribution in [0, 0.1) is 0 Å². The Kier molecular flexibility index (Phi) is 2.90. The van der Waals surface area contributed by atoms with Crippen molar-refractivity contribution < 1.29 is 15.0 Å². The van der Waals surface area contributed by atoms with Gasteiger partial charge >= 0.3 is 6.03 Å². The Morgan fingerprint density at radius 3 is 2.86 bits per heavy atom. The molecule has 6 nitrogen and oxygen atoms in total. The number of carbonyl (C=O) groups excluding carboxylic acids is 1. The number of phenols is 2. The fourth-order valence-corrected chi connectivity index (χ4v) is 0.818. The van der Waals surface area contributed by atoms with Gasteiger partial charge in [0.1, 0.15) is 0 Å². The van der Waals surface area contributed by atoms with Crippen molar-refractivity contribution in [1.82, 2.24) is 5.43 Å². The summed E-state index contributed by atoms with van der Waals surface area (Å²) in [6, 6.07) is 3.57. The summed E-state index contributed by atoms with van der Waals surface area (Å²) >= 11 is 0. The van der Waals surface area contributed by atoms with E-state index in [2.05, 4.69) is 5.10 Å². The molecule has 0 saturated heterocycles. The summed E-state index contributed by atoms with van der Waals surface area (Å²) in [4.78, 5) is 10.2. The van der Waals surface area contributed by atoms with Crippen molar-refractivity contribution in [1.29, 1.82) is 0 Å². The maximum absolute atomic E-state index is 10.2. The molecule has 0 aliphatic rings. The molecule has 0 unspecified atom stereocenters. The van der Waals surface area contributed by atoms with Gasteiger partial charge in [-0.1, -0.05) is 6.07 Å². The van der Waals surface area contributed by atoms with E-state index in [1.165, 1.54) is 24.4 Å². The average Bonchev–Trinajstić information content (AvgIpc) is 2.12. The summed E-state index contributed by atoms with van der Waals surface area (Å²) in [7, 11) is 0. The number of amides is 2. The van der Waals surface area contributed by atoms with Crippen LogP contribution in [-0.4, -0.2) is 22.5 Å². The molecule has 0 atom stereocenters. The number of nitrogens with one attached hydrogen (secondary N) is 1. The average molecular weight is 195 g/mol. The lowest BCUT2D eigenvalue weighted by Gasteiger charge is -1.99. The van der Waals surface area contributed by atoms with Crippen molar-refractivity contribution in [3.8, 4) is 11.5 Å². The minimum atomic E-state index is -0.805. The van der Waals surface area contributed by atoms with Crippen LogP contribution in [0.5, 0.6) is 11.5 Å². The molecule has 1 aromatic rings. The van der Waals surface area contributed by atoms with Gasteiger partial charge in [-0.15, -0.1) is 0 Å². The smallest absolute Gasteiger partial charge is 0.332 e. The van der Waals surface area contributed by atoms with E-state index in [1.807, 2.05) is 5.43 Å². The lowest BCUT2D eigenvalue weighted by molar-refractivity contribution is 0.249. The van der Waals surface area contributed by atoms with Crippen molar-refractivity contribution in [3.05, 3.63) is 23.8 Å². The zero-order chi connectivity index (χ0) is 10.6. The van der Waals surface area contributed by atoms with E-state index in [1.54, 1.807) is 0 Å². The molecular weight excluding hydrogens is 186 g/mol. The Morgan fingerprint density at radius 1 is 1.50 bits per heavy atom. The molecule has 0 bridgehead atoms. The van der Waals surface area contributed by atoms with Gasteiger partial charge in [0.25, 0.3) is 0 Å². The molecule has 6 heteroatoms. The number of primary amides is 1. The predicted molar refractivity (Wildman–Crippen MR) is 50.1 cm³/mol. The van der Waals surface area contributed by atoms with Crippen molar-refractivity contribution in [2.45, 2.75) is 0 Å². The van der Waals surface area contributed by atoms with Crippen LogP contribution in [0.4, 0.5) is 4.79 Å². The lowest BCUT2D eigenvalue weighted by Crippen LogP contribution is -2.24. The normalized spacial score (nSPS) is 10.3. The van der Waals surface area contributed by atoms with E-state index in [0.717, 1.165) is 0 Å². The highest BCUT2D eigenvalue weighted by Crippen LogP contribution is 2.26. The van der Waals surface area contributed by atoms with Crippen molar-refractivity contribution >= 4 is 12.2 Å². The highest BCUT2D eigenvalue weighted by molar-refractivity contribution is 5.85. The van der Waals surface area contributed by atoms with Crippen LogP contribution in [-0.2, 0) is 0 Å². The highest BCUT2D eigenvalue weighted by atomic mass is 16.3. The standard InChI is InChI=1S/C8H9N3O3/c9-8(14)11-10-4-5-2-1-3-6(12)7(5)13/h1-4,12-13H,(H3,9,11,14)/b10-4-. The van der Waals surface area contributed by atoms with Crippen LogP contribution in [0.15, 0.2) is 23.3 Å². The molecule has 0 spiro atoms. The van der Waals surface area contributed by atoms with Crippen molar-refractivity contribution in [3.63, 3.8) is 0 Å². The number of nitrogens with zero attached hydrogens (tertiary/aromatic N) is 1. The number of hydrogen-bond donors (Lipinski definition) is 4. The second-order valence-corrected chi connectivity index (χ2v) is 2.45.